The first-order valence-corrected chi connectivity index (χ1v) is 7.33. The van der Waals surface area contributed by atoms with Gasteiger partial charge in [-0.3, -0.25) is 4.79 Å². The monoisotopic (exact) mass is 275 g/mol. The van der Waals surface area contributed by atoms with Crippen LogP contribution in [0.3, 0.4) is 0 Å². The lowest BCUT2D eigenvalue weighted by Gasteiger charge is -2.34. The van der Waals surface area contributed by atoms with Crippen molar-refractivity contribution >= 4 is 11.9 Å². The first kappa shape index (κ1) is 13.3. The highest BCUT2D eigenvalue weighted by Crippen LogP contribution is 2.16. The molecular weight excluding hydrogens is 254 g/mol. The lowest BCUT2D eigenvalue weighted by molar-refractivity contribution is -0.123. The van der Waals surface area contributed by atoms with E-state index >= 15 is 0 Å². The fourth-order valence-electron chi connectivity index (χ4n) is 2.77. The van der Waals surface area contributed by atoms with Crippen LogP contribution in [-0.4, -0.2) is 48.1 Å². The minimum Gasteiger partial charge on any atom is -0.352 e. The highest BCUT2D eigenvalue weighted by atomic mass is 16.1. The lowest BCUT2D eigenvalue weighted by Crippen LogP contribution is -2.50. The van der Waals surface area contributed by atoms with E-state index in [1.54, 1.807) is 12.4 Å². The number of rotatable bonds is 4. The number of nitrogens with one attached hydrogen (secondary N) is 2. The maximum atomic E-state index is 12.0. The predicted molar refractivity (Wildman–Crippen MR) is 76.4 cm³/mol. The van der Waals surface area contributed by atoms with Crippen LogP contribution in [0, 0.1) is 5.92 Å². The minimum absolute atomic E-state index is 0.178. The Morgan fingerprint density at radius 1 is 1.40 bits per heavy atom. The van der Waals surface area contributed by atoms with Crippen molar-refractivity contribution in [2.24, 2.45) is 5.92 Å². The lowest BCUT2D eigenvalue weighted by atomic mass is 9.98. The molecular formula is C14H21N5O. The van der Waals surface area contributed by atoms with E-state index in [1.165, 1.54) is 0 Å². The third kappa shape index (κ3) is 3.25. The zero-order valence-corrected chi connectivity index (χ0v) is 11.6. The Hall–Kier alpha value is -1.69. The number of carbonyl (C=O) groups is 1. The molecule has 2 aliphatic rings. The standard InChI is InChI=1S/C14H21N5O/c20-13(7-11-8-15-9-11)18-12-3-1-6-19(10-12)14-16-4-2-5-17-14/h2,4-5,11-12,15H,1,3,6-10H2,(H,18,20). The second-order valence-electron chi connectivity index (χ2n) is 5.63. The number of aromatic nitrogens is 2. The van der Waals surface area contributed by atoms with Crippen molar-refractivity contribution in [2.75, 3.05) is 31.1 Å². The SMILES string of the molecule is O=C(CC1CNC1)NC1CCCN(c2ncccn2)C1. The molecule has 0 radical (unpaired) electrons. The Kier molecular flexibility index (Phi) is 4.11. The molecule has 2 saturated heterocycles. The van der Waals surface area contributed by atoms with E-state index in [0.29, 0.717) is 12.3 Å². The molecule has 0 aromatic carbocycles. The summed E-state index contributed by atoms with van der Waals surface area (Å²) in [7, 11) is 0. The third-order valence-electron chi connectivity index (χ3n) is 3.96. The number of hydrogen-bond acceptors (Lipinski definition) is 5. The number of nitrogens with zero attached hydrogens (tertiary/aromatic N) is 3. The Morgan fingerprint density at radius 3 is 2.90 bits per heavy atom. The summed E-state index contributed by atoms with van der Waals surface area (Å²) in [6.45, 7) is 3.71. The van der Waals surface area contributed by atoms with E-state index in [-0.39, 0.29) is 11.9 Å². The average Bonchev–Trinajstić information content (AvgIpc) is 2.44. The van der Waals surface area contributed by atoms with Crippen molar-refractivity contribution in [1.82, 2.24) is 20.6 Å². The number of amides is 1. The Labute approximate surface area is 119 Å². The third-order valence-corrected chi connectivity index (χ3v) is 3.96. The summed E-state index contributed by atoms with van der Waals surface area (Å²) in [5.41, 5.74) is 0. The van der Waals surface area contributed by atoms with Crippen molar-refractivity contribution in [3.05, 3.63) is 18.5 Å². The summed E-state index contributed by atoms with van der Waals surface area (Å²) in [5.74, 6) is 1.46. The van der Waals surface area contributed by atoms with Crippen molar-refractivity contribution < 1.29 is 4.79 Å². The van der Waals surface area contributed by atoms with Gasteiger partial charge in [-0.1, -0.05) is 0 Å². The van der Waals surface area contributed by atoms with Crippen LogP contribution in [0.5, 0.6) is 0 Å². The van der Waals surface area contributed by atoms with Crippen molar-refractivity contribution in [3.63, 3.8) is 0 Å². The number of anilines is 1. The van der Waals surface area contributed by atoms with Crippen LogP contribution in [-0.2, 0) is 4.79 Å². The Balaban J connectivity index is 1.51. The van der Waals surface area contributed by atoms with Gasteiger partial charge in [0, 0.05) is 37.9 Å². The van der Waals surface area contributed by atoms with Crippen LogP contribution in [0.2, 0.25) is 0 Å². The number of hydrogen-bond donors (Lipinski definition) is 2. The molecule has 1 unspecified atom stereocenters. The van der Waals surface area contributed by atoms with E-state index in [1.807, 2.05) is 6.07 Å². The summed E-state index contributed by atoms with van der Waals surface area (Å²) in [6.07, 6.45) is 6.26. The molecule has 3 heterocycles. The fraction of sp³-hybridized carbons (Fsp3) is 0.643. The summed E-state index contributed by atoms with van der Waals surface area (Å²) in [6, 6.07) is 2.03. The van der Waals surface area contributed by atoms with Gasteiger partial charge in [-0.2, -0.15) is 0 Å². The second kappa shape index (κ2) is 6.17. The molecule has 1 aromatic rings. The van der Waals surface area contributed by atoms with Gasteiger partial charge in [0.05, 0.1) is 0 Å². The van der Waals surface area contributed by atoms with Gasteiger partial charge in [-0.15, -0.1) is 0 Å². The van der Waals surface area contributed by atoms with E-state index < -0.39 is 0 Å². The average molecular weight is 275 g/mol. The number of piperidine rings is 1. The molecule has 2 N–H and O–H groups in total. The second-order valence-corrected chi connectivity index (χ2v) is 5.63. The molecule has 6 heteroatoms. The van der Waals surface area contributed by atoms with Gasteiger partial charge >= 0.3 is 0 Å². The molecule has 1 aromatic heterocycles. The summed E-state index contributed by atoms with van der Waals surface area (Å²) >= 11 is 0. The van der Waals surface area contributed by atoms with Crippen LogP contribution in [0.15, 0.2) is 18.5 Å². The van der Waals surface area contributed by atoms with Crippen molar-refractivity contribution in [2.45, 2.75) is 25.3 Å². The normalized spacial score (nSPS) is 23.2. The van der Waals surface area contributed by atoms with Crippen LogP contribution < -0.4 is 15.5 Å². The van der Waals surface area contributed by atoms with E-state index in [4.69, 9.17) is 0 Å². The molecule has 20 heavy (non-hydrogen) atoms. The van der Waals surface area contributed by atoms with Gasteiger partial charge in [0.15, 0.2) is 0 Å². The van der Waals surface area contributed by atoms with Gasteiger partial charge in [0.1, 0.15) is 0 Å². The fourth-order valence-corrected chi connectivity index (χ4v) is 2.77. The Morgan fingerprint density at radius 2 is 2.20 bits per heavy atom. The van der Waals surface area contributed by atoms with Crippen LogP contribution in [0.1, 0.15) is 19.3 Å². The zero-order valence-electron chi connectivity index (χ0n) is 11.6. The molecule has 1 amide bonds. The molecule has 3 rings (SSSR count). The molecule has 2 fully saturated rings. The van der Waals surface area contributed by atoms with Crippen molar-refractivity contribution in [3.8, 4) is 0 Å². The van der Waals surface area contributed by atoms with E-state index in [2.05, 4.69) is 25.5 Å². The maximum absolute atomic E-state index is 12.0. The summed E-state index contributed by atoms with van der Waals surface area (Å²) < 4.78 is 0. The van der Waals surface area contributed by atoms with Gasteiger partial charge in [-0.05, 0) is 37.9 Å². The summed E-state index contributed by atoms with van der Waals surface area (Å²) in [5, 5.41) is 6.35. The largest absolute Gasteiger partial charge is 0.352 e. The topological polar surface area (TPSA) is 70.2 Å². The first-order chi connectivity index (χ1) is 9.81. The van der Waals surface area contributed by atoms with Crippen LogP contribution >= 0.6 is 0 Å². The first-order valence-electron chi connectivity index (χ1n) is 7.33. The van der Waals surface area contributed by atoms with Crippen LogP contribution in [0.25, 0.3) is 0 Å². The molecule has 2 aliphatic heterocycles. The van der Waals surface area contributed by atoms with Gasteiger partial charge in [0.25, 0.3) is 0 Å². The highest BCUT2D eigenvalue weighted by Gasteiger charge is 2.25. The molecule has 1 atom stereocenters. The molecule has 0 aliphatic carbocycles. The van der Waals surface area contributed by atoms with E-state index in [0.717, 1.165) is 45.0 Å². The highest BCUT2D eigenvalue weighted by molar-refractivity contribution is 5.76. The van der Waals surface area contributed by atoms with Gasteiger partial charge in [0.2, 0.25) is 11.9 Å². The molecule has 0 spiro atoms. The smallest absolute Gasteiger partial charge is 0.225 e. The molecule has 0 saturated carbocycles. The van der Waals surface area contributed by atoms with Crippen molar-refractivity contribution in [1.29, 1.82) is 0 Å². The van der Waals surface area contributed by atoms with Gasteiger partial charge < -0.3 is 15.5 Å². The maximum Gasteiger partial charge on any atom is 0.225 e. The minimum atomic E-state index is 0.178. The molecule has 6 nitrogen and oxygen atoms in total. The quantitative estimate of drug-likeness (QED) is 0.820. The molecule has 0 bridgehead atoms. The van der Waals surface area contributed by atoms with E-state index in [9.17, 15) is 4.79 Å². The summed E-state index contributed by atoms with van der Waals surface area (Å²) in [4.78, 5) is 22.7. The van der Waals surface area contributed by atoms with Crippen LogP contribution in [0.4, 0.5) is 5.95 Å². The Bertz CT molecular complexity index is 448. The van der Waals surface area contributed by atoms with Gasteiger partial charge in [-0.25, -0.2) is 9.97 Å². The molecule has 108 valence electrons. The zero-order chi connectivity index (χ0) is 13.8. The number of carbonyl (C=O) groups excluding carboxylic acids is 1. The predicted octanol–water partition coefficient (Wildman–Crippen LogP) is 0.171.